The van der Waals surface area contributed by atoms with Gasteiger partial charge in [-0.2, -0.15) is 0 Å². The highest BCUT2D eigenvalue weighted by molar-refractivity contribution is 5.33. The van der Waals surface area contributed by atoms with Gasteiger partial charge in [0.2, 0.25) is 0 Å². The molecule has 0 amide bonds. The van der Waals surface area contributed by atoms with E-state index in [4.69, 9.17) is 4.74 Å². The maximum atomic E-state index is 5.33. The molecule has 1 aromatic heterocycles. The molecule has 0 saturated heterocycles. The van der Waals surface area contributed by atoms with Gasteiger partial charge in [0.1, 0.15) is 5.75 Å². The third-order valence-corrected chi connectivity index (χ3v) is 2.98. The number of hydrogen-bond donors (Lipinski definition) is 1. The highest BCUT2D eigenvalue weighted by atomic mass is 16.5. The van der Waals surface area contributed by atoms with Crippen LogP contribution in [-0.2, 0) is 6.54 Å². The number of nitrogens with one attached hydrogen (secondary N) is 1. The standard InChI is InChI=1S/C15H18N2O/c1-12(13-7-5-9-16-10-13)17-11-14-6-3-4-8-15(14)18-2/h3-10,12,17H,11H2,1-2H3. The quantitative estimate of drug-likeness (QED) is 0.875. The summed E-state index contributed by atoms with van der Waals surface area (Å²) < 4.78 is 5.33. The van der Waals surface area contributed by atoms with Crippen LogP contribution >= 0.6 is 0 Å². The first-order valence-electron chi connectivity index (χ1n) is 6.06. The lowest BCUT2D eigenvalue weighted by Gasteiger charge is -2.15. The highest BCUT2D eigenvalue weighted by Gasteiger charge is 2.06. The molecule has 1 aromatic carbocycles. The number of methoxy groups -OCH3 is 1. The van der Waals surface area contributed by atoms with Crippen LogP contribution in [0.4, 0.5) is 0 Å². The second kappa shape index (κ2) is 6.17. The summed E-state index contributed by atoms with van der Waals surface area (Å²) in [6.45, 7) is 2.91. The second-order valence-corrected chi connectivity index (χ2v) is 4.20. The van der Waals surface area contributed by atoms with Crippen LogP contribution in [0.5, 0.6) is 5.75 Å². The van der Waals surface area contributed by atoms with Crippen LogP contribution in [0.25, 0.3) is 0 Å². The number of para-hydroxylation sites is 1. The molecule has 0 aliphatic heterocycles. The van der Waals surface area contributed by atoms with Crippen molar-refractivity contribution in [3.05, 3.63) is 59.9 Å². The Kier molecular flexibility index (Phi) is 4.31. The molecule has 0 spiro atoms. The van der Waals surface area contributed by atoms with Crippen molar-refractivity contribution >= 4 is 0 Å². The molecule has 1 heterocycles. The van der Waals surface area contributed by atoms with E-state index in [2.05, 4.69) is 29.4 Å². The van der Waals surface area contributed by atoms with E-state index in [1.165, 1.54) is 5.56 Å². The van der Waals surface area contributed by atoms with Gasteiger partial charge in [0.15, 0.2) is 0 Å². The predicted octanol–water partition coefficient (Wildman–Crippen LogP) is 2.94. The summed E-state index contributed by atoms with van der Waals surface area (Å²) >= 11 is 0. The van der Waals surface area contributed by atoms with Crippen molar-refractivity contribution in [1.82, 2.24) is 10.3 Å². The fourth-order valence-electron chi connectivity index (χ4n) is 1.86. The molecule has 1 atom stereocenters. The third-order valence-electron chi connectivity index (χ3n) is 2.98. The smallest absolute Gasteiger partial charge is 0.123 e. The van der Waals surface area contributed by atoms with Gasteiger partial charge in [-0.3, -0.25) is 4.98 Å². The van der Waals surface area contributed by atoms with E-state index in [0.29, 0.717) is 0 Å². The Morgan fingerprint density at radius 1 is 1.22 bits per heavy atom. The van der Waals surface area contributed by atoms with Gasteiger partial charge in [0, 0.05) is 30.5 Å². The number of benzene rings is 1. The molecule has 0 saturated carbocycles. The summed E-state index contributed by atoms with van der Waals surface area (Å²) in [5.41, 5.74) is 2.35. The zero-order valence-corrected chi connectivity index (χ0v) is 10.8. The number of pyridine rings is 1. The van der Waals surface area contributed by atoms with Crippen molar-refractivity contribution in [2.45, 2.75) is 19.5 Å². The van der Waals surface area contributed by atoms with Gasteiger partial charge in [0.25, 0.3) is 0 Å². The van der Waals surface area contributed by atoms with Gasteiger partial charge in [-0.25, -0.2) is 0 Å². The Morgan fingerprint density at radius 3 is 2.78 bits per heavy atom. The maximum Gasteiger partial charge on any atom is 0.123 e. The molecule has 94 valence electrons. The number of rotatable bonds is 5. The normalized spacial score (nSPS) is 12.1. The van der Waals surface area contributed by atoms with Gasteiger partial charge >= 0.3 is 0 Å². The number of aromatic nitrogens is 1. The van der Waals surface area contributed by atoms with Gasteiger partial charge in [-0.1, -0.05) is 24.3 Å². The minimum Gasteiger partial charge on any atom is -0.496 e. The second-order valence-electron chi connectivity index (χ2n) is 4.20. The summed E-state index contributed by atoms with van der Waals surface area (Å²) in [6.07, 6.45) is 3.68. The van der Waals surface area contributed by atoms with Crippen LogP contribution in [0.2, 0.25) is 0 Å². The molecule has 0 bridgehead atoms. The molecule has 0 fully saturated rings. The molecule has 0 aliphatic carbocycles. The summed E-state index contributed by atoms with van der Waals surface area (Å²) in [4.78, 5) is 4.13. The van der Waals surface area contributed by atoms with Crippen molar-refractivity contribution in [3.8, 4) is 5.75 Å². The van der Waals surface area contributed by atoms with E-state index >= 15 is 0 Å². The monoisotopic (exact) mass is 242 g/mol. The summed E-state index contributed by atoms with van der Waals surface area (Å²) in [5, 5.41) is 3.47. The van der Waals surface area contributed by atoms with E-state index in [1.807, 2.05) is 30.5 Å². The molecular weight excluding hydrogens is 224 g/mol. The fourth-order valence-corrected chi connectivity index (χ4v) is 1.86. The molecule has 2 aromatic rings. The Balaban J connectivity index is 1.99. The van der Waals surface area contributed by atoms with E-state index in [0.717, 1.165) is 17.9 Å². The van der Waals surface area contributed by atoms with Crippen LogP contribution < -0.4 is 10.1 Å². The topological polar surface area (TPSA) is 34.1 Å². The molecule has 2 rings (SSSR count). The lowest BCUT2D eigenvalue weighted by molar-refractivity contribution is 0.406. The Morgan fingerprint density at radius 2 is 2.06 bits per heavy atom. The lowest BCUT2D eigenvalue weighted by atomic mass is 10.1. The molecule has 0 aliphatic rings. The maximum absolute atomic E-state index is 5.33. The van der Waals surface area contributed by atoms with E-state index in [1.54, 1.807) is 13.3 Å². The average Bonchev–Trinajstić information content (AvgIpc) is 2.46. The fraction of sp³-hybridized carbons (Fsp3) is 0.267. The van der Waals surface area contributed by atoms with E-state index in [-0.39, 0.29) is 6.04 Å². The highest BCUT2D eigenvalue weighted by Crippen LogP contribution is 2.18. The Hall–Kier alpha value is -1.87. The van der Waals surface area contributed by atoms with Crippen LogP contribution in [0.15, 0.2) is 48.8 Å². The molecule has 3 nitrogen and oxygen atoms in total. The van der Waals surface area contributed by atoms with Crippen LogP contribution in [0, 0.1) is 0 Å². The zero-order valence-electron chi connectivity index (χ0n) is 10.8. The Labute approximate surface area is 108 Å². The van der Waals surface area contributed by atoms with Gasteiger partial charge in [-0.15, -0.1) is 0 Å². The van der Waals surface area contributed by atoms with Crippen molar-refractivity contribution in [2.75, 3.05) is 7.11 Å². The third kappa shape index (κ3) is 3.08. The Bertz CT molecular complexity index is 485. The average molecular weight is 242 g/mol. The van der Waals surface area contributed by atoms with E-state index in [9.17, 15) is 0 Å². The first-order chi connectivity index (χ1) is 8.81. The lowest BCUT2D eigenvalue weighted by Crippen LogP contribution is -2.18. The minimum atomic E-state index is 0.267. The SMILES string of the molecule is COc1ccccc1CNC(C)c1cccnc1. The largest absolute Gasteiger partial charge is 0.496 e. The molecule has 18 heavy (non-hydrogen) atoms. The van der Waals surface area contributed by atoms with Gasteiger partial charge in [-0.05, 0) is 24.6 Å². The van der Waals surface area contributed by atoms with E-state index < -0.39 is 0 Å². The number of ether oxygens (including phenoxy) is 1. The summed E-state index contributed by atoms with van der Waals surface area (Å²) in [5.74, 6) is 0.920. The zero-order chi connectivity index (χ0) is 12.8. The molecular formula is C15H18N2O. The first kappa shape index (κ1) is 12.6. The van der Waals surface area contributed by atoms with Gasteiger partial charge in [0.05, 0.1) is 7.11 Å². The molecule has 0 radical (unpaired) electrons. The molecule has 1 unspecified atom stereocenters. The van der Waals surface area contributed by atoms with Crippen LogP contribution in [0.3, 0.4) is 0 Å². The first-order valence-corrected chi connectivity index (χ1v) is 6.06. The summed E-state index contributed by atoms with van der Waals surface area (Å²) in [7, 11) is 1.70. The number of hydrogen-bond acceptors (Lipinski definition) is 3. The van der Waals surface area contributed by atoms with Crippen LogP contribution in [-0.4, -0.2) is 12.1 Å². The summed E-state index contributed by atoms with van der Waals surface area (Å²) in [6, 6.07) is 12.3. The predicted molar refractivity (Wildman–Crippen MR) is 72.5 cm³/mol. The minimum absolute atomic E-state index is 0.267. The van der Waals surface area contributed by atoms with Crippen molar-refractivity contribution < 1.29 is 4.74 Å². The van der Waals surface area contributed by atoms with Crippen molar-refractivity contribution in [3.63, 3.8) is 0 Å². The van der Waals surface area contributed by atoms with Crippen LogP contribution in [0.1, 0.15) is 24.1 Å². The molecule has 1 N–H and O–H groups in total. The van der Waals surface area contributed by atoms with Gasteiger partial charge < -0.3 is 10.1 Å². The van der Waals surface area contributed by atoms with Crippen molar-refractivity contribution in [1.29, 1.82) is 0 Å². The molecule has 3 heteroatoms. The number of nitrogens with zero attached hydrogens (tertiary/aromatic N) is 1. The van der Waals surface area contributed by atoms with Crippen molar-refractivity contribution in [2.24, 2.45) is 0 Å².